The molecule has 1 fully saturated rings. The van der Waals surface area contributed by atoms with Crippen molar-refractivity contribution in [2.24, 2.45) is 10.9 Å². The first-order valence-corrected chi connectivity index (χ1v) is 9.89. The summed E-state index contributed by atoms with van der Waals surface area (Å²) < 4.78 is 1.97. The Kier molecular flexibility index (Phi) is 7.11. The molecule has 1 aliphatic heterocycles. The number of hydrogen-bond donors (Lipinski definition) is 1. The largest absolute Gasteiger partial charge is 0.357 e. The van der Waals surface area contributed by atoms with Crippen molar-refractivity contribution < 1.29 is 0 Å². The molecule has 26 heavy (non-hydrogen) atoms. The summed E-state index contributed by atoms with van der Waals surface area (Å²) in [5, 5.41) is 7.71. The molecule has 5 heteroatoms. The van der Waals surface area contributed by atoms with E-state index in [0.717, 1.165) is 51.0 Å². The first-order chi connectivity index (χ1) is 12.8. The second kappa shape index (κ2) is 10.00. The lowest BCUT2D eigenvalue weighted by Gasteiger charge is -2.34. The number of piperidine rings is 1. The molecule has 2 heterocycles. The van der Waals surface area contributed by atoms with Crippen molar-refractivity contribution in [1.82, 2.24) is 20.0 Å². The summed E-state index contributed by atoms with van der Waals surface area (Å²) in [5.74, 6) is 1.86. The predicted octanol–water partition coefficient (Wildman–Crippen LogP) is 3.19. The Hall–Kier alpha value is -2.30. The van der Waals surface area contributed by atoms with E-state index in [1.807, 2.05) is 23.1 Å². The molecular formula is C21H31N5. The summed E-state index contributed by atoms with van der Waals surface area (Å²) in [5.41, 5.74) is 1.46. The van der Waals surface area contributed by atoms with E-state index in [9.17, 15) is 0 Å². The smallest absolute Gasteiger partial charge is 0.193 e. The van der Waals surface area contributed by atoms with Gasteiger partial charge in [-0.3, -0.25) is 9.67 Å². The van der Waals surface area contributed by atoms with Gasteiger partial charge in [0.2, 0.25) is 0 Å². The Morgan fingerprint density at radius 3 is 2.69 bits per heavy atom. The molecule has 0 spiro atoms. The summed E-state index contributed by atoms with van der Waals surface area (Å²) in [6.07, 6.45) is 8.53. The van der Waals surface area contributed by atoms with E-state index in [1.54, 1.807) is 0 Å². The highest BCUT2D eigenvalue weighted by molar-refractivity contribution is 5.80. The van der Waals surface area contributed by atoms with Gasteiger partial charge in [0.15, 0.2) is 5.96 Å². The number of hydrogen-bond acceptors (Lipinski definition) is 2. The van der Waals surface area contributed by atoms with Gasteiger partial charge < -0.3 is 10.2 Å². The molecule has 0 atom stereocenters. The lowest BCUT2D eigenvalue weighted by molar-refractivity contribution is 0.259. The topological polar surface area (TPSA) is 45.5 Å². The van der Waals surface area contributed by atoms with Gasteiger partial charge in [-0.2, -0.15) is 5.10 Å². The summed E-state index contributed by atoms with van der Waals surface area (Å²) >= 11 is 0. The number of aromatic nitrogens is 2. The van der Waals surface area contributed by atoms with Crippen LogP contribution in [0.2, 0.25) is 0 Å². The van der Waals surface area contributed by atoms with Crippen molar-refractivity contribution in [2.75, 3.05) is 26.2 Å². The molecule has 0 radical (unpaired) electrons. The van der Waals surface area contributed by atoms with Gasteiger partial charge in [0.25, 0.3) is 0 Å². The maximum atomic E-state index is 4.84. The Morgan fingerprint density at radius 1 is 1.19 bits per heavy atom. The van der Waals surface area contributed by atoms with Crippen LogP contribution in [0.25, 0.3) is 0 Å². The zero-order chi connectivity index (χ0) is 18.0. The van der Waals surface area contributed by atoms with E-state index in [2.05, 4.69) is 52.6 Å². The lowest BCUT2D eigenvalue weighted by Crippen LogP contribution is -2.46. The average molecular weight is 354 g/mol. The minimum Gasteiger partial charge on any atom is -0.357 e. The van der Waals surface area contributed by atoms with Crippen LogP contribution in [0.15, 0.2) is 53.8 Å². The van der Waals surface area contributed by atoms with Crippen molar-refractivity contribution in [3.63, 3.8) is 0 Å². The molecule has 1 aliphatic rings. The van der Waals surface area contributed by atoms with Crippen LogP contribution in [0.1, 0.15) is 31.7 Å². The molecule has 5 nitrogen and oxygen atoms in total. The number of guanidine groups is 1. The van der Waals surface area contributed by atoms with Gasteiger partial charge in [-0.05, 0) is 50.2 Å². The van der Waals surface area contributed by atoms with Crippen LogP contribution in [0.4, 0.5) is 0 Å². The third kappa shape index (κ3) is 5.61. The van der Waals surface area contributed by atoms with Crippen molar-refractivity contribution in [3.05, 3.63) is 54.4 Å². The average Bonchev–Trinajstić information content (AvgIpc) is 3.19. The van der Waals surface area contributed by atoms with Gasteiger partial charge in [-0.25, -0.2) is 0 Å². The van der Waals surface area contributed by atoms with Crippen LogP contribution in [0, 0.1) is 5.92 Å². The number of likely N-dealkylation sites (tertiary alicyclic amines) is 1. The zero-order valence-electron chi connectivity index (χ0n) is 15.8. The predicted molar refractivity (Wildman–Crippen MR) is 107 cm³/mol. The normalized spacial score (nSPS) is 16.0. The summed E-state index contributed by atoms with van der Waals surface area (Å²) in [4.78, 5) is 7.27. The second-order valence-corrected chi connectivity index (χ2v) is 6.98. The number of nitrogens with zero attached hydrogens (tertiary/aromatic N) is 4. The van der Waals surface area contributed by atoms with E-state index in [-0.39, 0.29) is 0 Å². The number of rotatable bonds is 7. The maximum absolute atomic E-state index is 4.84. The fourth-order valence-corrected chi connectivity index (χ4v) is 3.57. The molecule has 1 aromatic heterocycles. The first-order valence-electron chi connectivity index (χ1n) is 9.89. The molecule has 3 rings (SSSR count). The Balaban J connectivity index is 1.45. The van der Waals surface area contributed by atoms with Crippen molar-refractivity contribution in [1.29, 1.82) is 0 Å². The third-order valence-corrected chi connectivity index (χ3v) is 4.98. The zero-order valence-corrected chi connectivity index (χ0v) is 15.8. The van der Waals surface area contributed by atoms with E-state index in [1.165, 1.54) is 24.8 Å². The molecule has 1 saturated heterocycles. The molecule has 2 aromatic rings. The minimum absolute atomic E-state index is 0.788. The van der Waals surface area contributed by atoms with Crippen LogP contribution in [-0.4, -0.2) is 46.8 Å². The van der Waals surface area contributed by atoms with E-state index < -0.39 is 0 Å². The molecule has 1 N–H and O–H groups in total. The standard InChI is InChI=1S/C21H31N5/c1-2-22-21(23-12-6-14-26-15-7-13-24-26)25-16-10-20(11-17-25)18-19-8-4-3-5-9-19/h3-5,7-9,13,15,20H,2,6,10-12,14,16-18H2,1H3,(H,22,23). The highest BCUT2D eigenvalue weighted by atomic mass is 15.3. The van der Waals surface area contributed by atoms with Crippen LogP contribution in [0.3, 0.4) is 0 Å². The van der Waals surface area contributed by atoms with Crippen LogP contribution >= 0.6 is 0 Å². The van der Waals surface area contributed by atoms with Gasteiger partial charge in [0.05, 0.1) is 0 Å². The van der Waals surface area contributed by atoms with E-state index in [0.29, 0.717) is 0 Å². The van der Waals surface area contributed by atoms with Crippen molar-refractivity contribution in [2.45, 2.75) is 39.2 Å². The molecule has 0 amide bonds. The first kappa shape index (κ1) is 18.5. The van der Waals surface area contributed by atoms with Crippen LogP contribution < -0.4 is 5.32 Å². The van der Waals surface area contributed by atoms with Gasteiger partial charge in [0.1, 0.15) is 0 Å². The highest BCUT2D eigenvalue weighted by Crippen LogP contribution is 2.21. The molecule has 0 bridgehead atoms. The number of benzene rings is 1. The van der Waals surface area contributed by atoms with Gasteiger partial charge >= 0.3 is 0 Å². The quantitative estimate of drug-likeness (QED) is 0.472. The molecule has 140 valence electrons. The SMILES string of the molecule is CCNC(=NCCCn1cccn1)N1CCC(Cc2ccccc2)CC1. The van der Waals surface area contributed by atoms with E-state index >= 15 is 0 Å². The molecule has 0 unspecified atom stereocenters. The summed E-state index contributed by atoms with van der Waals surface area (Å²) in [7, 11) is 0. The Morgan fingerprint density at radius 2 is 2.00 bits per heavy atom. The van der Waals surface area contributed by atoms with Crippen molar-refractivity contribution in [3.8, 4) is 0 Å². The maximum Gasteiger partial charge on any atom is 0.193 e. The summed E-state index contributed by atoms with van der Waals surface area (Å²) in [6.45, 7) is 7.02. The molecule has 0 aliphatic carbocycles. The van der Waals surface area contributed by atoms with Crippen LogP contribution in [0.5, 0.6) is 0 Å². The lowest BCUT2D eigenvalue weighted by atomic mass is 9.90. The molecule has 0 saturated carbocycles. The fourth-order valence-electron chi connectivity index (χ4n) is 3.57. The highest BCUT2D eigenvalue weighted by Gasteiger charge is 2.21. The molecular weight excluding hydrogens is 322 g/mol. The number of aryl methyl sites for hydroxylation is 1. The monoisotopic (exact) mass is 353 g/mol. The van der Waals surface area contributed by atoms with Gasteiger partial charge in [0, 0.05) is 45.1 Å². The van der Waals surface area contributed by atoms with E-state index in [4.69, 9.17) is 4.99 Å². The number of aliphatic imine (C=N–C) groups is 1. The Labute approximate surface area is 157 Å². The Bertz CT molecular complexity index is 642. The minimum atomic E-state index is 0.788. The second-order valence-electron chi connectivity index (χ2n) is 6.98. The van der Waals surface area contributed by atoms with Gasteiger partial charge in [-0.15, -0.1) is 0 Å². The molecule has 1 aromatic carbocycles. The van der Waals surface area contributed by atoms with Crippen LogP contribution in [-0.2, 0) is 13.0 Å². The van der Waals surface area contributed by atoms with Gasteiger partial charge in [-0.1, -0.05) is 30.3 Å². The summed E-state index contributed by atoms with van der Waals surface area (Å²) in [6, 6.07) is 12.8. The fraction of sp³-hybridized carbons (Fsp3) is 0.524. The van der Waals surface area contributed by atoms with Crippen molar-refractivity contribution >= 4 is 5.96 Å². The third-order valence-electron chi connectivity index (χ3n) is 4.98. The number of nitrogens with one attached hydrogen (secondary N) is 1.